The maximum Gasteiger partial charge on any atom is 0.278 e. The van der Waals surface area contributed by atoms with E-state index >= 15 is 0 Å². The summed E-state index contributed by atoms with van der Waals surface area (Å²) < 4.78 is 5.51. The molecule has 0 atom stereocenters. The van der Waals surface area contributed by atoms with Crippen molar-refractivity contribution in [3.8, 4) is 0 Å². The van der Waals surface area contributed by atoms with Gasteiger partial charge >= 0.3 is 0 Å². The number of non-ortho nitro benzene ring substituents is 1. The molecule has 8 nitrogen and oxygen atoms in total. The summed E-state index contributed by atoms with van der Waals surface area (Å²) in [5.74, 6) is -0.550. The fraction of sp³-hybridized carbons (Fsp3) is 0.333. The van der Waals surface area contributed by atoms with Crippen LogP contribution in [0.4, 0.5) is 11.4 Å². The lowest BCUT2D eigenvalue weighted by molar-refractivity contribution is -0.384. The van der Waals surface area contributed by atoms with E-state index in [1.165, 1.54) is 24.3 Å². The highest BCUT2D eigenvalue weighted by Crippen LogP contribution is 2.31. The van der Waals surface area contributed by atoms with Crippen LogP contribution in [0, 0.1) is 10.1 Å². The summed E-state index contributed by atoms with van der Waals surface area (Å²) in [7, 11) is 0. The Labute approximate surface area is 187 Å². The van der Waals surface area contributed by atoms with Gasteiger partial charge in [-0.1, -0.05) is 26.0 Å². The zero-order chi connectivity index (χ0) is 23.4. The molecule has 0 radical (unpaired) electrons. The molecule has 32 heavy (non-hydrogen) atoms. The molecule has 2 aromatic rings. The first kappa shape index (κ1) is 23.1. The van der Waals surface area contributed by atoms with Gasteiger partial charge in [0, 0.05) is 17.8 Å². The van der Waals surface area contributed by atoms with Crippen molar-refractivity contribution in [2.24, 2.45) is 0 Å². The number of rotatable bonds is 9. The van der Waals surface area contributed by atoms with Crippen LogP contribution in [0.15, 0.2) is 54.2 Å². The number of nitrogens with one attached hydrogen (secondary N) is 1. The number of nitro groups is 1. The summed E-state index contributed by atoms with van der Waals surface area (Å²) >= 11 is 0. The molecule has 2 amide bonds. The number of ether oxygens (including phenoxy) is 1. The molecule has 1 aliphatic heterocycles. The Kier molecular flexibility index (Phi) is 7.05. The van der Waals surface area contributed by atoms with Gasteiger partial charge in [-0.05, 0) is 55.2 Å². The van der Waals surface area contributed by atoms with Crippen molar-refractivity contribution in [2.45, 2.75) is 39.7 Å². The highest BCUT2D eigenvalue weighted by Gasteiger charge is 2.39. The predicted octanol–water partition coefficient (Wildman–Crippen LogP) is 4.34. The lowest BCUT2D eigenvalue weighted by Gasteiger charge is -2.16. The third-order valence-electron chi connectivity index (χ3n) is 5.15. The van der Waals surface area contributed by atoms with Gasteiger partial charge in [0.05, 0.1) is 29.8 Å². The number of anilines is 1. The molecule has 0 saturated heterocycles. The summed E-state index contributed by atoms with van der Waals surface area (Å²) in [6.07, 6.45) is -0.0259. The quantitative estimate of drug-likeness (QED) is 0.356. The van der Waals surface area contributed by atoms with Crippen LogP contribution >= 0.6 is 0 Å². The van der Waals surface area contributed by atoms with Crippen molar-refractivity contribution in [3.63, 3.8) is 0 Å². The molecular formula is C24H27N3O5. The molecule has 0 saturated carbocycles. The van der Waals surface area contributed by atoms with Crippen LogP contribution in [0.1, 0.15) is 44.7 Å². The molecule has 1 N–H and O–H groups in total. The Morgan fingerprint density at radius 2 is 1.59 bits per heavy atom. The van der Waals surface area contributed by atoms with E-state index in [0.717, 1.165) is 10.5 Å². The van der Waals surface area contributed by atoms with Gasteiger partial charge in [-0.15, -0.1) is 0 Å². The zero-order valence-corrected chi connectivity index (χ0v) is 18.6. The monoisotopic (exact) mass is 437 g/mol. The van der Waals surface area contributed by atoms with E-state index in [4.69, 9.17) is 4.74 Å². The molecule has 8 heteroatoms. The molecule has 168 valence electrons. The molecule has 1 aliphatic rings. The van der Waals surface area contributed by atoms with E-state index in [1.54, 1.807) is 0 Å². The maximum atomic E-state index is 13.2. The number of carbonyl (C=O) groups excluding carboxylic acids is 2. The van der Waals surface area contributed by atoms with Gasteiger partial charge in [-0.3, -0.25) is 24.6 Å². The SMILES string of the molecule is CC(C)OCCN1C(=O)C(Nc2ccc(C(C)C)cc2)=C(c2ccc([N+](=O)[O-])cc2)C1=O. The number of hydrogen-bond acceptors (Lipinski definition) is 6. The molecule has 0 fully saturated rings. The number of nitro benzene ring substituents is 1. The minimum absolute atomic E-state index is 0.0259. The summed E-state index contributed by atoms with van der Waals surface area (Å²) in [5.41, 5.74) is 2.49. The molecule has 1 heterocycles. The first-order valence-electron chi connectivity index (χ1n) is 10.5. The minimum Gasteiger partial charge on any atom is -0.377 e. The fourth-order valence-corrected chi connectivity index (χ4v) is 3.39. The molecule has 0 unspecified atom stereocenters. The van der Waals surface area contributed by atoms with Crippen LogP contribution in [-0.2, 0) is 14.3 Å². The highest BCUT2D eigenvalue weighted by atomic mass is 16.6. The van der Waals surface area contributed by atoms with Gasteiger partial charge in [-0.25, -0.2) is 0 Å². The van der Waals surface area contributed by atoms with Gasteiger partial charge in [0.25, 0.3) is 17.5 Å². The largest absolute Gasteiger partial charge is 0.377 e. The first-order chi connectivity index (χ1) is 15.2. The Morgan fingerprint density at radius 1 is 0.969 bits per heavy atom. The molecule has 3 rings (SSSR count). The van der Waals surface area contributed by atoms with E-state index in [0.29, 0.717) is 17.2 Å². The van der Waals surface area contributed by atoms with Crippen LogP contribution < -0.4 is 5.32 Å². The third-order valence-corrected chi connectivity index (χ3v) is 5.15. The summed E-state index contributed by atoms with van der Waals surface area (Å²) in [4.78, 5) is 38.0. The van der Waals surface area contributed by atoms with Crippen molar-refractivity contribution in [1.29, 1.82) is 0 Å². The number of nitrogens with zero attached hydrogens (tertiary/aromatic N) is 2. The summed E-state index contributed by atoms with van der Waals surface area (Å²) in [6, 6.07) is 13.3. The number of hydrogen-bond donors (Lipinski definition) is 1. The first-order valence-corrected chi connectivity index (χ1v) is 10.5. The molecule has 0 aliphatic carbocycles. The van der Waals surface area contributed by atoms with Gasteiger partial charge in [0.1, 0.15) is 5.70 Å². The number of imide groups is 1. The van der Waals surface area contributed by atoms with Crippen LogP contribution in [0.25, 0.3) is 5.57 Å². The predicted molar refractivity (Wildman–Crippen MR) is 122 cm³/mol. The van der Waals surface area contributed by atoms with Crippen LogP contribution in [0.3, 0.4) is 0 Å². The second-order valence-corrected chi connectivity index (χ2v) is 8.14. The van der Waals surface area contributed by atoms with E-state index in [1.807, 2.05) is 38.1 Å². The summed E-state index contributed by atoms with van der Waals surface area (Å²) in [6.45, 7) is 8.27. The second-order valence-electron chi connectivity index (χ2n) is 8.14. The van der Waals surface area contributed by atoms with Crippen molar-refractivity contribution in [1.82, 2.24) is 4.90 Å². The topological polar surface area (TPSA) is 102 Å². The minimum atomic E-state index is -0.509. The zero-order valence-electron chi connectivity index (χ0n) is 18.6. The van der Waals surface area contributed by atoms with Crippen LogP contribution in [0.2, 0.25) is 0 Å². The normalized spacial score (nSPS) is 14.1. The van der Waals surface area contributed by atoms with Crippen molar-refractivity contribution >= 4 is 28.8 Å². The highest BCUT2D eigenvalue weighted by molar-refractivity contribution is 6.36. The Morgan fingerprint density at radius 3 is 2.12 bits per heavy atom. The second kappa shape index (κ2) is 9.74. The van der Waals surface area contributed by atoms with E-state index in [2.05, 4.69) is 19.2 Å². The van der Waals surface area contributed by atoms with E-state index < -0.39 is 16.7 Å². The van der Waals surface area contributed by atoms with E-state index in [9.17, 15) is 19.7 Å². The molecule has 0 aromatic heterocycles. The lowest BCUT2D eigenvalue weighted by Crippen LogP contribution is -2.35. The average Bonchev–Trinajstić information content (AvgIpc) is 2.98. The van der Waals surface area contributed by atoms with Crippen molar-refractivity contribution in [3.05, 3.63) is 75.5 Å². The standard InChI is InChI=1S/C24H27N3O5/c1-15(2)17-5-9-19(10-6-17)25-22-21(18-7-11-20(12-8-18)27(30)31)23(28)26(24(22)29)13-14-32-16(3)4/h5-12,15-16,25H,13-14H2,1-4H3. The van der Waals surface area contributed by atoms with E-state index in [-0.39, 0.29) is 36.2 Å². The smallest absolute Gasteiger partial charge is 0.278 e. The van der Waals surface area contributed by atoms with Crippen LogP contribution in [0.5, 0.6) is 0 Å². The van der Waals surface area contributed by atoms with Gasteiger partial charge < -0.3 is 10.1 Å². The average molecular weight is 437 g/mol. The van der Waals surface area contributed by atoms with Gasteiger partial charge in [0.2, 0.25) is 0 Å². The van der Waals surface area contributed by atoms with Crippen LogP contribution in [-0.4, -0.2) is 40.9 Å². The molecule has 0 bridgehead atoms. The number of amides is 2. The number of benzene rings is 2. The fourth-order valence-electron chi connectivity index (χ4n) is 3.39. The molecule has 2 aromatic carbocycles. The summed E-state index contributed by atoms with van der Waals surface area (Å²) in [5, 5.41) is 14.1. The molecular weight excluding hydrogens is 410 g/mol. The Balaban J connectivity index is 1.96. The third kappa shape index (κ3) is 5.03. The Bertz CT molecular complexity index is 1040. The molecule has 0 spiro atoms. The van der Waals surface area contributed by atoms with Gasteiger partial charge in [0.15, 0.2) is 0 Å². The lowest BCUT2D eigenvalue weighted by atomic mass is 10.0. The van der Waals surface area contributed by atoms with Gasteiger partial charge in [-0.2, -0.15) is 0 Å². The Hall–Kier alpha value is -3.52. The van der Waals surface area contributed by atoms with Crippen molar-refractivity contribution in [2.75, 3.05) is 18.5 Å². The van der Waals surface area contributed by atoms with Crippen molar-refractivity contribution < 1.29 is 19.2 Å². The maximum absolute atomic E-state index is 13.2. The number of carbonyl (C=O) groups is 2.